The molecule has 8 heteroatoms. The molecule has 210 valence electrons. The van der Waals surface area contributed by atoms with E-state index in [1.807, 2.05) is 0 Å². The molecule has 0 amide bonds. The summed E-state index contributed by atoms with van der Waals surface area (Å²) >= 11 is 0. The van der Waals surface area contributed by atoms with Gasteiger partial charge >= 0.3 is 12.3 Å². The maximum absolute atomic E-state index is 15.1. The third kappa shape index (κ3) is 7.14. The highest BCUT2D eigenvalue weighted by atomic mass is 19.4. The molecule has 0 aliphatic heterocycles. The van der Waals surface area contributed by atoms with Crippen LogP contribution in [-0.4, -0.2) is 0 Å². The first-order valence-corrected chi connectivity index (χ1v) is 13.3. The minimum atomic E-state index is -5.24. The lowest BCUT2D eigenvalue weighted by atomic mass is 9.78. The Morgan fingerprint density at radius 3 is 1.90 bits per heavy atom. The van der Waals surface area contributed by atoms with Gasteiger partial charge in [-0.05, 0) is 66.1 Å². The zero-order valence-corrected chi connectivity index (χ0v) is 21.6. The van der Waals surface area contributed by atoms with Gasteiger partial charge in [0.05, 0.1) is 5.56 Å². The van der Waals surface area contributed by atoms with E-state index in [1.54, 1.807) is 12.1 Å². The summed E-state index contributed by atoms with van der Waals surface area (Å²) in [6.45, 7) is 2.21. The molecule has 1 aliphatic carbocycles. The number of benzene rings is 3. The van der Waals surface area contributed by atoms with Crippen molar-refractivity contribution in [2.24, 2.45) is 11.8 Å². The maximum atomic E-state index is 15.1. The lowest BCUT2D eigenvalue weighted by Crippen LogP contribution is -2.22. The Morgan fingerprint density at radius 2 is 1.33 bits per heavy atom. The number of hydrogen-bond donors (Lipinski definition) is 0. The number of ether oxygens (including phenoxy) is 1. The first-order valence-electron chi connectivity index (χ1n) is 13.3. The molecule has 0 spiro atoms. The second kappa shape index (κ2) is 12.0. The molecule has 1 nitrogen and oxygen atoms in total. The van der Waals surface area contributed by atoms with Crippen molar-refractivity contribution < 1.29 is 35.5 Å². The van der Waals surface area contributed by atoms with Gasteiger partial charge in [-0.3, -0.25) is 0 Å². The molecule has 1 fully saturated rings. The van der Waals surface area contributed by atoms with Crippen molar-refractivity contribution >= 4 is 0 Å². The predicted octanol–water partition coefficient (Wildman–Crippen LogP) is 10.3. The van der Waals surface area contributed by atoms with Gasteiger partial charge in [0, 0.05) is 5.56 Å². The van der Waals surface area contributed by atoms with Gasteiger partial charge < -0.3 is 4.74 Å². The zero-order valence-electron chi connectivity index (χ0n) is 21.6. The van der Waals surface area contributed by atoms with Crippen molar-refractivity contribution in [3.63, 3.8) is 0 Å². The summed E-state index contributed by atoms with van der Waals surface area (Å²) in [5, 5.41) is 0. The van der Waals surface area contributed by atoms with Crippen molar-refractivity contribution in [2.45, 2.75) is 70.6 Å². The minimum absolute atomic E-state index is 0.172. The second-order valence-corrected chi connectivity index (χ2v) is 10.3. The molecule has 3 aromatic rings. The highest BCUT2D eigenvalue weighted by molar-refractivity contribution is 5.71. The molecule has 0 heterocycles. The van der Waals surface area contributed by atoms with Crippen LogP contribution in [0.5, 0.6) is 5.75 Å². The zero-order chi connectivity index (χ0) is 28.2. The molecule has 0 saturated heterocycles. The third-order valence-electron chi connectivity index (χ3n) is 7.56. The third-order valence-corrected chi connectivity index (χ3v) is 7.56. The van der Waals surface area contributed by atoms with Crippen LogP contribution in [0.4, 0.5) is 30.7 Å². The van der Waals surface area contributed by atoms with E-state index in [2.05, 4.69) is 6.92 Å². The largest absolute Gasteiger partial charge is 0.428 e. The Morgan fingerprint density at radius 1 is 0.769 bits per heavy atom. The van der Waals surface area contributed by atoms with Crippen LogP contribution in [0.15, 0.2) is 60.7 Å². The number of aryl methyl sites for hydroxylation is 1. The summed E-state index contributed by atoms with van der Waals surface area (Å²) in [4.78, 5) is 0. The number of alkyl halides is 5. The molecule has 0 radical (unpaired) electrons. The van der Waals surface area contributed by atoms with Crippen LogP contribution in [0.3, 0.4) is 0 Å². The van der Waals surface area contributed by atoms with Crippen molar-refractivity contribution in [2.75, 3.05) is 0 Å². The van der Waals surface area contributed by atoms with E-state index in [1.165, 1.54) is 74.9 Å². The average molecular weight is 553 g/mol. The van der Waals surface area contributed by atoms with Crippen LogP contribution < -0.4 is 4.74 Å². The molecule has 3 aromatic carbocycles. The van der Waals surface area contributed by atoms with E-state index in [-0.39, 0.29) is 11.1 Å². The van der Waals surface area contributed by atoms with E-state index < -0.39 is 40.8 Å². The summed E-state index contributed by atoms with van der Waals surface area (Å²) in [5.74, 6) is -2.63. The Kier molecular flexibility index (Phi) is 8.92. The van der Waals surface area contributed by atoms with Gasteiger partial charge in [0.15, 0.2) is 0 Å². The van der Waals surface area contributed by atoms with Gasteiger partial charge in [-0.1, -0.05) is 75.8 Å². The van der Waals surface area contributed by atoms with Crippen LogP contribution in [0, 0.1) is 23.5 Å². The standard InChI is InChI=1S/C31H31F7O/c1-2-5-20-8-10-21(11-9-20)12-13-22-14-16-24(17-15-22)31(37,38)39-28-7-4-3-6-25(28)23-18-26(32)29(27(33)19-23)30(34,35)36/h3-4,6-7,14-21H,2,5,8-13H2,1H3/t20-,21-. The Bertz CT molecular complexity index is 1220. The van der Waals surface area contributed by atoms with Crippen LogP contribution >= 0.6 is 0 Å². The quantitative estimate of drug-likeness (QED) is 0.240. The fourth-order valence-electron chi connectivity index (χ4n) is 5.44. The monoisotopic (exact) mass is 552 g/mol. The molecular weight excluding hydrogens is 521 g/mol. The minimum Gasteiger partial charge on any atom is -0.428 e. The Hall–Kier alpha value is -3.03. The molecule has 0 aromatic heterocycles. The summed E-state index contributed by atoms with van der Waals surface area (Å²) in [6.07, 6.45) is 0.207. The molecule has 4 rings (SSSR count). The molecule has 1 aliphatic rings. The van der Waals surface area contributed by atoms with Crippen molar-refractivity contribution in [1.82, 2.24) is 0 Å². The lowest BCUT2D eigenvalue weighted by molar-refractivity contribution is -0.185. The maximum Gasteiger partial charge on any atom is 0.426 e. The van der Waals surface area contributed by atoms with Gasteiger partial charge in [0.1, 0.15) is 22.9 Å². The molecular formula is C31H31F7O. The molecule has 39 heavy (non-hydrogen) atoms. The van der Waals surface area contributed by atoms with Crippen LogP contribution in [0.2, 0.25) is 0 Å². The van der Waals surface area contributed by atoms with E-state index >= 15 is 8.78 Å². The number of para-hydroxylation sites is 1. The van der Waals surface area contributed by atoms with Crippen molar-refractivity contribution in [3.05, 3.63) is 89.0 Å². The van der Waals surface area contributed by atoms with Crippen LogP contribution in [-0.2, 0) is 18.7 Å². The predicted molar refractivity (Wildman–Crippen MR) is 136 cm³/mol. The van der Waals surface area contributed by atoms with Gasteiger partial charge in [0.25, 0.3) is 0 Å². The summed E-state index contributed by atoms with van der Waals surface area (Å²) < 4.78 is 102. The topological polar surface area (TPSA) is 9.23 Å². The smallest absolute Gasteiger partial charge is 0.426 e. The fraction of sp³-hybridized carbons (Fsp3) is 0.419. The fourth-order valence-corrected chi connectivity index (χ4v) is 5.44. The summed E-state index contributed by atoms with van der Waals surface area (Å²) in [6, 6.07) is 12.0. The van der Waals surface area contributed by atoms with Crippen LogP contribution in [0.1, 0.15) is 68.6 Å². The SMILES string of the molecule is CCC[C@H]1CC[C@H](CCc2ccc(C(F)(F)Oc3ccccc3-c3cc(F)c(C(F)(F)F)c(F)c3)cc2)CC1. The van der Waals surface area contributed by atoms with Crippen molar-refractivity contribution in [1.29, 1.82) is 0 Å². The first kappa shape index (κ1) is 29.0. The van der Waals surface area contributed by atoms with E-state index in [0.29, 0.717) is 18.1 Å². The average Bonchev–Trinajstić information content (AvgIpc) is 2.87. The van der Waals surface area contributed by atoms with Gasteiger partial charge in [-0.15, -0.1) is 0 Å². The van der Waals surface area contributed by atoms with E-state index in [0.717, 1.165) is 24.3 Å². The highest BCUT2D eigenvalue weighted by Crippen LogP contribution is 2.41. The molecule has 0 unspecified atom stereocenters. The number of rotatable bonds is 9. The van der Waals surface area contributed by atoms with Gasteiger partial charge in [-0.25, -0.2) is 8.78 Å². The molecule has 0 N–H and O–H groups in total. The molecule has 0 atom stereocenters. The normalized spacial score (nSPS) is 18.3. The summed E-state index contributed by atoms with van der Waals surface area (Å²) in [7, 11) is 0. The van der Waals surface area contributed by atoms with Gasteiger partial charge in [-0.2, -0.15) is 22.0 Å². The first-order chi connectivity index (χ1) is 18.5. The number of hydrogen-bond acceptors (Lipinski definition) is 1. The van der Waals surface area contributed by atoms with Gasteiger partial charge in [0.2, 0.25) is 0 Å². The lowest BCUT2D eigenvalue weighted by Gasteiger charge is -2.28. The number of halogens is 7. The molecule has 1 saturated carbocycles. The second-order valence-electron chi connectivity index (χ2n) is 10.3. The van der Waals surface area contributed by atoms with E-state index in [4.69, 9.17) is 4.74 Å². The highest BCUT2D eigenvalue weighted by Gasteiger charge is 2.39. The van der Waals surface area contributed by atoms with Crippen molar-refractivity contribution in [3.8, 4) is 16.9 Å². The molecule has 0 bridgehead atoms. The van der Waals surface area contributed by atoms with Crippen LogP contribution in [0.25, 0.3) is 11.1 Å². The van der Waals surface area contributed by atoms with E-state index in [9.17, 15) is 22.0 Å². The Labute approximate surface area is 224 Å². The summed E-state index contributed by atoms with van der Waals surface area (Å²) in [5.41, 5.74) is -2.04. The Balaban J connectivity index is 1.45.